The topological polar surface area (TPSA) is 43.8 Å². The molecular formula is C12H14FN3S. The Labute approximate surface area is 104 Å². The summed E-state index contributed by atoms with van der Waals surface area (Å²) in [4.78, 5) is 5.13. The van der Waals surface area contributed by atoms with Gasteiger partial charge in [0.05, 0.1) is 5.69 Å². The molecule has 17 heavy (non-hydrogen) atoms. The van der Waals surface area contributed by atoms with Gasteiger partial charge in [0.25, 0.3) is 0 Å². The molecule has 0 fully saturated rings. The summed E-state index contributed by atoms with van der Waals surface area (Å²) in [6, 6.07) is 4.90. The largest absolute Gasteiger partial charge is 0.396 e. The Bertz CT molecular complexity index is 510. The highest BCUT2D eigenvalue weighted by Crippen LogP contribution is 2.22. The van der Waals surface area contributed by atoms with E-state index in [1.807, 2.05) is 23.9 Å². The third-order valence-electron chi connectivity index (χ3n) is 2.49. The molecule has 3 nitrogen and oxygen atoms in total. The second-order valence-corrected chi connectivity index (χ2v) is 4.90. The molecule has 0 amide bonds. The molecule has 0 saturated carbocycles. The number of rotatable bonds is 4. The number of thioether (sulfide) groups is 1. The summed E-state index contributed by atoms with van der Waals surface area (Å²) in [6.07, 6.45) is 4.56. The molecule has 0 saturated heterocycles. The van der Waals surface area contributed by atoms with E-state index >= 15 is 0 Å². The fourth-order valence-corrected chi connectivity index (χ4v) is 2.37. The predicted octanol–water partition coefficient (Wildman–Crippen LogP) is 2.48. The first-order valence-electron chi connectivity index (χ1n) is 5.31. The van der Waals surface area contributed by atoms with Gasteiger partial charge in [-0.3, -0.25) is 0 Å². The number of nitrogen functional groups attached to an aromatic ring is 1. The van der Waals surface area contributed by atoms with Gasteiger partial charge in [-0.25, -0.2) is 9.37 Å². The number of nitrogens with zero attached hydrogens (tertiary/aromatic N) is 2. The van der Waals surface area contributed by atoms with E-state index in [1.165, 1.54) is 6.07 Å². The molecule has 2 aromatic rings. The van der Waals surface area contributed by atoms with Crippen LogP contribution >= 0.6 is 11.8 Å². The Balaban J connectivity index is 1.90. The van der Waals surface area contributed by atoms with Crippen molar-refractivity contribution in [2.45, 2.75) is 11.3 Å². The zero-order valence-electron chi connectivity index (χ0n) is 9.56. The summed E-state index contributed by atoms with van der Waals surface area (Å²) in [5.41, 5.74) is 5.61. The monoisotopic (exact) mass is 251 g/mol. The summed E-state index contributed by atoms with van der Waals surface area (Å²) < 4.78 is 15.2. The van der Waals surface area contributed by atoms with Gasteiger partial charge >= 0.3 is 0 Å². The Morgan fingerprint density at radius 2 is 2.29 bits per heavy atom. The molecule has 2 rings (SSSR count). The van der Waals surface area contributed by atoms with Gasteiger partial charge in [-0.05, 0) is 18.2 Å². The SMILES string of the molecule is Cn1ccnc1CCSc1ccc(N)c(F)c1. The summed E-state index contributed by atoms with van der Waals surface area (Å²) in [7, 11) is 1.97. The lowest BCUT2D eigenvalue weighted by molar-refractivity contribution is 0.629. The van der Waals surface area contributed by atoms with E-state index in [0.717, 1.165) is 22.9 Å². The Kier molecular flexibility index (Phi) is 3.68. The van der Waals surface area contributed by atoms with E-state index in [-0.39, 0.29) is 11.5 Å². The van der Waals surface area contributed by atoms with Gasteiger partial charge in [-0.15, -0.1) is 11.8 Å². The molecule has 5 heteroatoms. The fraction of sp³-hybridized carbons (Fsp3) is 0.250. The zero-order chi connectivity index (χ0) is 12.3. The fourth-order valence-electron chi connectivity index (χ4n) is 1.50. The maximum atomic E-state index is 13.2. The lowest BCUT2D eigenvalue weighted by Crippen LogP contribution is -1.99. The Hall–Kier alpha value is -1.49. The van der Waals surface area contributed by atoms with Gasteiger partial charge in [0.15, 0.2) is 0 Å². The Morgan fingerprint density at radius 3 is 2.94 bits per heavy atom. The van der Waals surface area contributed by atoms with Gasteiger partial charge in [0, 0.05) is 36.5 Å². The number of imidazole rings is 1. The van der Waals surface area contributed by atoms with Crippen LogP contribution in [0.1, 0.15) is 5.82 Å². The van der Waals surface area contributed by atoms with Gasteiger partial charge in [-0.2, -0.15) is 0 Å². The average molecular weight is 251 g/mol. The molecule has 0 spiro atoms. The first kappa shape index (κ1) is 12.0. The van der Waals surface area contributed by atoms with Gasteiger partial charge in [0.1, 0.15) is 11.6 Å². The van der Waals surface area contributed by atoms with Crippen molar-refractivity contribution in [3.8, 4) is 0 Å². The second-order valence-electron chi connectivity index (χ2n) is 3.74. The number of nitrogens with two attached hydrogens (primary N) is 1. The van der Waals surface area contributed by atoms with Gasteiger partial charge < -0.3 is 10.3 Å². The van der Waals surface area contributed by atoms with Crippen LogP contribution in [-0.2, 0) is 13.5 Å². The van der Waals surface area contributed by atoms with E-state index in [1.54, 1.807) is 24.0 Å². The van der Waals surface area contributed by atoms with E-state index in [9.17, 15) is 4.39 Å². The van der Waals surface area contributed by atoms with Crippen LogP contribution in [0.25, 0.3) is 0 Å². The van der Waals surface area contributed by atoms with Gasteiger partial charge in [-0.1, -0.05) is 0 Å². The molecule has 2 N–H and O–H groups in total. The summed E-state index contributed by atoms with van der Waals surface area (Å²) in [5, 5.41) is 0. The number of aryl methyl sites for hydroxylation is 2. The van der Waals surface area contributed by atoms with Crippen molar-refractivity contribution in [3.63, 3.8) is 0 Å². The lowest BCUT2D eigenvalue weighted by atomic mass is 10.3. The minimum Gasteiger partial charge on any atom is -0.396 e. The van der Waals surface area contributed by atoms with Crippen LogP contribution in [0.3, 0.4) is 0 Å². The molecule has 1 heterocycles. The van der Waals surface area contributed by atoms with Crippen molar-refractivity contribution in [1.82, 2.24) is 9.55 Å². The van der Waals surface area contributed by atoms with Crippen LogP contribution in [0.15, 0.2) is 35.5 Å². The number of benzene rings is 1. The molecule has 0 unspecified atom stereocenters. The van der Waals surface area contributed by atoms with Crippen molar-refractivity contribution in [1.29, 1.82) is 0 Å². The minimum absolute atomic E-state index is 0.193. The smallest absolute Gasteiger partial charge is 0.147 e. The van der Waals surface area contributed by atoms with Crippen LogP contribution in [0.2, 0.25) is 0 Å². The Morgan fingerprint density at radius 1 is 1.47 bits per heavy atom. The van der Waals surface area contributed by atoms with Crippen molar-refractivity contribution < 1.29 is 4.39 Å². The molecule has 0 bridgehead atoms. The standard InChI is InChI=1S/C12H14FN3S/c1-16-6-5-15-12(16)4-7-17-9-2-3-11(14)10(13)8-9/h2-3,5-6,8H,4,7,14H2,1H3. The summed E-state index contributed by atoms with van der Waals surface area (Å²) in [5.74, 6) is 1.55. The second kappa shape index (κ2) is 5.23. The van der Waals surface area contributed by atoms with Crippen molar-refractivity contribution in [2.24, 2.45) is 7.05 Å². The molecule has 0 atom stereocenters. The number of anilines is 1. The quantitative estimate of drug-likeness (QED) is 0.670. The maximum Gasteiger partial charge on any atom is 0.147 e. The number of hydrogen-bond donors (Lipinski definition) is 1. The molecule has 0 radical (unpaired) electrons. The highest BCUT2D eigenvalue weighted by molar-refractivity contribution is 7.99. The highest BCUT2D eigenvalue weighted by Gasteiger charge is 2.02. The average Bonchev–Trinajstić information content (AvgIpc) is 2.70. The molecule has 0 aliphatic rings. The predicted molar refractivity (Wildman–Crippen MR) is 68.4 cm³/mol. The number of aromatic nitrogens is 2. The van der Waals surface area contributed by atoms with Crippen molar-refractivity contribution in [2.75, 3.05) is 11.5 Å². The van der Waals surface area contributed by atoms with Gasteiger partial charge in [0.2, 0.25) is 0 Å². The molecule has 0 aliphatic carbocycles. The van der Waals surface area contributed by atoms with Crippen molar-refractivity contribution >= 4 is 17.4 Å². The van der Waals surface area contributed by atoms with Crippen LogP contribution < -0.4 is 5.73 Å². The lowest BCUT2D eigenvalue weighted by Gasteiger charge is -2.03. The van der Waals surface area contributed by atoms with E-state index in [0.29, 0.717) is 0 Å². The van der Waals surface area contributed by atoms with Crippen LogP contribution in [0.5, 0.6) is 0 Å². The highest BCUT2D eigenvalue weighted by atomic mass is 32.2. The normalized spacial score (nSPS) is 10.7. The first-order chi connectivity index (χ1) is 8.16. The van der Waals surface area contributed by atoms with E-state index in [2.05, 4.69) is 4.98 Å². The molecule has 1 aromatic carbocycles. The molecule has 1 aromatic heterocycles. The first-order valence-corrected chi connectivity index (χ1v) is 6.29. The van der Waals surface area contributed by atoms with Crippen molar-refractivity contribution in [3.05, 3.63) is 42.2 Å². The third-order valence-corrected chi connectivity index (χ3v) is 3.48. The number of hydrogen-bond acceptors (Lipinski definition) is 3. The number of halogens is 1. The minimum atomic E-state index is -0.355. The molecule has 90 valence electrons. The summed E-state index contributed by atoms with van der Waals surface area (Å²) >= 11 is 1.60. The zero-order valence-corrected chi connectivity index (χ0v) is 10.4. The maximum absolute atomic E-state index is 13.2. The van der Waals surface area contributed by atoms with E-state index < -0.39 is 0 Å². The molecular weight excluding hydrogens is 237 g/mol. The van der Waals surface area contributed by atoms with E-state index in [4.69, 9.17) is 5.73 Å². The summed E-state index contributed by atoms with van der Waals surface area (Å²) in [6.45, 7) is 0. The van der Waals surface area contributed by atoms with Crippen LogP contribution in [0, 0.1) is 5.82 Å². The van der Waals surface area contributed by atoms with Crippen LogP contribution in [-0.4, -0.2) is 15.3 Å². The molecule has 0 aliphatic heterocycles. The third kappa shape index (κ3) is 3.00. The van der Waals surface area contributed by atoms with Crippen LogP contribution in [0.4, 0.5) is 10.1 Å².